The Hall–Kier alpha value is -3.41. The summed E-state index contributed by atoms with van der Waals surface area (Å²) >= 11 is 0. The monoisotopic (exact) mass is 357 g/mol. The third-order valence-electron chi connectivity index (χ3n) is 4.61. The highest BCUT2D eigenvalue weighted by atomic mass is 16.5. The summed E-state index contributed by atoms with van der Waals surface area (Å²) in [5, 5.41) is 16.5. The highest BCUT2D eigenvalue weighted by Crippen LogP contribution is 2.38. The molecule has 1 fully saturated rings. The van der Waals surface area contributed by atoms with Crippen molar-refractivity contribution in [3.05, 3.63) is 78.1 Å². The summed E-state index contributed by atoms with van der Waals surface area (Å²) in [6.45, 7) is 0.686. The molecule has 2 aromatic heterocycles. The van der Waals surface area contributed by atoms with Crippen molar-refractivity contribution in [2.24, 2.45) is 0 Å². The fourth-order valence-corrected chi connectivity index (χ4v) is 2.99. The van der Waals surface area contributed by atoms with E-state index >= 15 is 0 Å². The molecule has 0 unspecified atom stereocenters. The number of nitrogens with zero attached hydrogens (tertiary/aromatic N) is 4. The Morgan fingerprint density at radius 2 is 1.67 bits per heavy atom. The topological polar surface area (TPSA) is 64.3 Å². The highest BCUT2D eigenvalue weighted by Gasteiger charge is 2.29. The fraction of sp³-hybridized carbons (Fsp3) is 0.190. The molecule has 1 aliphatic rings. The van der Waals surface area contributed by atoms with Crippen LogP contribution in [0.15, 0.2) is 66.7 Å². The predicted molar refractivity (Wildman–Crippen MR) is 103 cm³/mol. The maximum atomic E-state index is 5.83. The van der Waals surface area contributed by atoms with E-state index in [2.05, 4.69) is 32.7 Å². The first-order valence-corrected chi connectivity index (χ1v) is 9.13. The van der Waals surface area contributed by atoms with Crippen molar-refractivity contribution >= 4 is 11.5 Å². The van der Waals surface area contributed by atoms with Crippen LogP contribution in [0.4, 0.5) is 5.82 Å². The van der Waals surface area contributed by atoms with Crippen LogP contribution in [0.2, 0.25) is 0 Å². The molecule has 0 spiro atoms. The molecule has 2 aromatic carbocycles. The molecule has 0 amide bonds. The van der Waals surface area contributed by atoms with Gasteiger partial charge in [0, 0.05) is 12.5 Å². The van der Waals surface area contributed by atoms with E-state index in [1.54, 1.807) is 0 Å². The largest absolute Gasteiger partial charge is 0.457 e. The number of rotatable bonds is 6. The molecule has 0 saturated heterocycles. The standard InChI is InChI=1S/C21H19N5O/c1-2-4-17(5-3-1)27-18-10-6-15(7-11-18)14-22-19-12-13-20-23-24-21(16-8-9-16)26(20)25-19/h1-7,10-13,16H,8-9,14H2,(H,22,25). The second kappa shape index (κ2) is 6.72. The van der Waals surface area contributed by atoms with E-state index in [0.717, 1.165) is 34.4 Å². The molecular formula is C21H19N5O. The first-order valence-electron chi connectivity index (χ1n) is 9.13. The van der Waals surface area contributed by atoms with E-state index in [-0.39, 0.29) is 0 Å². The number of anilines is 1. The molecule has 1 saturated carbocycles. The lowest BCUT2D eigenvalue weighted by molar-refractivity contribution is 0.482. The van der Waals surface area contributed by atoms with Gasteiger partial charge in [0.2, 0.25) is 0 Å². The normalized spacial score (nSPS) is 13.6. The van der Waals surface area contributed by atoms with Crippen molar-refractivity contribution in [2.75, 3.05) is 5.32 Å². The van der Waals surface area contributed by atoms with E-state index < -0.39 is 0 Å². The number of nitrogens with one attached hydrogen (secondary N) is 1. The van der Waals surface area contributed by atoms with Crippen LogP contribution in [-0.2, 0) is 6.54 Å². The van der Waals surface area contributed by atoms with Crippen LogP contribution < -0.4 is 10.1 Å². The van der Waals surface area contributed by atoms with Crippen molar-refractivity contribution in [1.82, 2.24) is 19.8 Å². The quantitative estimate of drug-likeness (QED) is 0.554. The van der Waals surface area contributed by atoms with Gasteiger partial charge in [0.05, 0.1) is 0 Å². The second-order valence-electron chi connectivity index (χ2n) is 6.73. The fourth-order valence-electron chi connectivity index (χ4n) is 2.99. The third-order valence-corrected chi connectivity index (χ3v) is 4.61. The van der Waals surface area contributed by atoms with Crippen LogP contribution >= 0.6 is 0 Å². The summed E-state index contributed by atoms with van der Waals surface area (Å²) < 4.78 is 7.68. The first kappa shape index (κ1) is 15.8. The minimum absolute atomic E-state index is 0.514. The van der Waals surface area contributed by atoms with Gasteiger partial charge in [-0.3, -0.25) is 0 Å². The maximum Gasteiger partial charge on any atom is 0.178 e. The van der Waals surface area contributed by atoms with E-state index in [1.807, 2.05) is 59.1 Å². The lowest BCUT2D eigenvalue weighted by atomic mass is 10.2. The lowest BCUT2D eigenvalue weighted by Crippen LogP contribution is -2.05. The summed E-state index contributed by atoms with van der Waals surface area (Å²) in [7, 11) is 0. The van der Waals surface area contributed by atoms with Gasteiger partial charge < -0.3 is 10.1 Å². The Labute approximate surface area is 156 Å². The molecule has 134 valence electrons. The number of fused-ring (bicyclic) bond motifs is 1. The zero-order valence-electron chi connectivity index (χ0n) is 14.7. The Kier molecular flexibility index (Phi) is 3.93. The van der Waals surface area contributed by atoms with Crippen molar-refractivity contribution in [3.8, 4) is 11.5 Å². The van der Waals surface area contributed by atoms with Gasteiger partial charge in [0.1, 0.15) is 17.3 Å². The molecule has 2 heterocycles. The third kappa shape index (κ3) is 3.46. The molecule has 0 aliphatic heterocycles. The highest BCUT2D eigenvalue weighted by molar-refractivity contribution is 5.45. The minimum atomic E-state index is 0.514. The number of aromatic nitrogens is 4. The molecule has 4 aromatic rings. The second-order valence-corrected chi connectivity index (χ2v) is 6.73. The first-order chi connectivity index (χ1) is 13.3. The van der Waals surface area contributed by atoms with Crippen LogP contribution in [0.5, 0.6) is 11.5 Å². The van der Waals surface area contributed by atoms with Gasteiger partial charge in [-0.1, -0.05) is 30.3 Å². The summed E-state index contributed by atoms with van der Waals surface area (Å²) in [5.41, 5.74) is 1.95. The van der Waals surface area contributed by atoms with Gasteiger partial charge in [-0.15, -0.1) is 15.3 Å². The Morgan fingerprint density at radius 1 is 0.889 bits per heavy atom. The van der Waals surface area contributed by atoms with Gasteiger partial charge in [-0.25, -0.2) is 0 Å². The summed E-state index contributed by atoms with van der Waals surface area (Å²) in [4.78, 5) is 0. The average molecular weight is 357 g/mol. The van der Waals surface area contributed by atoms with E-state index in [0.29, 0.717) is 12.5 Å². The Morgan fingerprint density at radius 3 is 2.44 bits per heavy atom. The molecule has 27 heavy (non-hydrogen) atoms. The van der Waals surface area contributed by atoms with E-state index in [9.17, 15) is 0 Å². The molecule has 5 rings (SSSR count). The predicted octanol–water partition coefficient (Wildman–Crippen LogP) is 4.41. The molecule has 1 aliphatic carbocycles. The SMILES string of the molecule is c1ccc(Oc2ccc(CNc3ccc4nnc(C5CC5)n4n3)cc2)cc1. The average Bonchev–Trinajstić information content (AvgIpc) is 3.47. The van der Waals surface area contributed by atoms with Crippen LogP contribution in [0.3, 0.4) is 0 Å². The van der Waals surface area contributed by atoms with Crippen molar-refractivity contribution in [3.63, 3.8) is 0 Å². The smallest absolute Gasteiger partial charge is 0.178 e. The number of para-hydroxylation sites is 1. The number of hydrogen-bond donors (Lipinski definition) is 1. The molecule has 0 atom stereocenters. The van der Waals surface area contributed by atoms with Gasteiger partial charge >= 0.3 is 0 Å². The van der Waals surface area contributed by atoms with Crippen LogP contribution in [0, 0.1) is 0 Å². The number of benzene rings is 2. The van der Waals surface area contributed by atoms with E-state index in [1.165, 1.54) is 12.8 Å². The van der Waals surface area contributed by atoms with Crippen molar-refractivity contribution < 1.29 is 4.74 Å². The van der Waals surface area contributed by atoms with Gasteiger partial charge in [0.25, 0.3) is 0 Å². The maximum absolute atomic E-state index is 5.83. The Balaban J connectivity index is 1.26. The van der Waals surface area contributed by atoms with Crippen molar-refractivity contribution in [1.29, 1.82) is 0 Å². The molecular weight excluding hydrogens is 338 g/mol. The van der Waals surface area contributed by atoms with E-state index in [4.69, 9.17) is 4.74 Å². The van der Waals surface area contributed by atoms with Crippen LogP contribution in [0.25, 0.3) is 5.65 Å². The molecule has 6 heteroatoms. The van der Waals surface area contributed by atoms with Crippen molar-refractivity contribution in [2.45, 2.75) is 25.3 Å². The summed E-state index contributed by atoms with van der Waals surface area (Å²) in [5.74, 6) is 3.95. The molecule has 0 bridgehead atoms. The summed E-state index contributed by atoms with van der Waals surface area (Å²) in [6, 6.07) is 21.7. The lowest BCUT2D eigenvalue weighted by Gasteiger charge is -2.08. The number of ether oxygens (including phenoxy) is 1. The molecule has 0 radical (unpaired) electrons. The van der Waals surface area contributed by atoms with Gasteiger partial charge in [-0.2, -0.15) is 4.52 Å². The number of hydrogen-bond acceptors (Lipinski definition) is 5. The minimum Gasteiger partial charge on any atom is -0.457 e. The molecule has 1 N–H and O–H groups in total. The zero-order chi connectivity index (χ0) is 18.1. The molecule has 6 nitrogen and oxygen atoms in total. The Bertz CT molecular complexity index is 1060. The van der Waals surface area contributed by atoms with Gasteiger partial charge in [-0.05, 0) is 54.8 Å². The zero-order valence-corrected chi connectivity index (χ0v) is 14.7. The van der Waals surface area contributed by atoms with Crippen LogP contribution in [-0.4, -0.2) is 19.8 Å². The van der Waals surface area contributed by atoms with Gasteiger partial charge in [0.15, 0.2) is 11.5 Å². The van der Waals surface area contributed by atoms with Crippen LogP contribution in [0.1, 0.15) is 30.1 Å². The summed E-state index contributed by atoms with van der Waals surface area (Å²) in [6.07, 6.45) is 2.36.